The van der Waals surface area contributed by atoms with E-state index in [1.807, 2.05) is 5.32 Å². The van der Waals surface area contributed by atoms with Crippen LogP contribution in [0.2, 0.25) is 0 Å². The standard InChI is InChI=1S/C11H14F3N5O/c12-11(13,14)10(20)18-7-2-1-3-19(5-7)9-4-8(15)16-6-17-9/h4,6-7H,1-3,5H2,(H,18,20)(H2,15,16,17). The largest absolute Gasteiger partial charge is 0.471 e. The molecule has 1 fully saturated rings. The van der Waals surface area contributed by atoms with Crippen LogP contribution in [-0.2, 0) is 4.79 Å². The van der Waals surface area contributed by atoms with Gasteiger partial charge in [0.15, 0.2) is 0 Å². The second-order valence-electron chi connectivity index (χ2n) is 4.56. The predicted molar refractivity (Wildman–Crippen MR) is 65.9 cm³/mol. The van der Waals surface area contributed by atoms with Gasteiger partial charge in [0.1, 0.15) is 18.0 Å². The van der Waals surface area contributed by atoms with E-state index in [0.717, 1.165) is 0 Å². The molecule has 3 N–H and O–H groups in total. The summed E-state index contributed by atoms with van der Waals surface area (Å²) in [4.78, 5) is 20.5. The van der Waals surface area contributed by atoms with Crippen LogP contribution in [0.1, 0.15) is 12.8 Å². The zero-order chi connectivity index (χ0) is 14.8. The Bertz CT molecular complexity index is 493. The van der Waals surface area contributed by atoms with E-state index in [9.17, 15) is 18.0 Å². The van der Waals surface area contributed by atoms with E-state index in [4.69, 9.17) is 5.73 Å². The average Bonchev–Trinajstić information content (AvgIpc) is 2.38. The first kappa shape index (κ1) is 14.4. The van der Waals surface area contributed by atoms with Gasteiger partial charge in [-0.25, -0.2) is 9.97 Å². The summed E-state index contributed by atoms with van der Waals surface area (Å²) in [6, 6.07) is 0.989. The maximum Gasteiger partial charge on any atom is 0.471 e. The van der Waals surface area contributed by atoms with Crippen LogP contribution in [-0.4, -0.2) is 41.2 Å². The van der Waals surface area contributed by atoms with Crippen LogP contribution >= 0.6 is 0 Å². The number of nitrogens with zero attached hydrogens (tertiary/aromatic N) is 3. The number of halogens is 3. The molecular weight excluding hydrogens is 275 g/mol. The molecule has 1 aromatic heterocycles. The molecule has 9 heteroatoms. The van der Waals surface area contributed by atoms with Crippen molar-refractivity contribution in [3.05, 3.63) is 12.4 Å². The number of carbonyl (C=O) groups is 1. The van der Waals surface area contributed by atoms with E-state index in [-0.39, 0.29) is 12.4 Å². The molecule has 110 valence electrons. The zero-order valence-electron chi connectivity index (χ0n) is 10.5. The molecule has 1 aliphatic rings. The average molecular weight is 289 g/mol. The second-order valence-corrected chi connectivity index (χ2v) is 4.56. The summed E-state index contributed by atoms with van der Waals surface area (Å²) in [6.45, 7) is 0.910. The highest BCUT2D eigenvalue weighted by atomic mass is 19.4. The van der Waals surface area contributed by atoms with Crippen LogP contribution in [0.25, 0.3) is 0 Å². The maximum atomic E-state index is 12.2. The number of nitrogen functional groups attached to an aromatic ring is 1. The highest BCUT2D eigenvalue weighted by Crippen LogP contribution is 2.20. The van der Waals surface area contributed by atoms with Crippen molar-refractivity contribution in [1.29, 1.82) is 0 Å². The summed E-state index contributed by atoms with van der Waals surface area (Å²) in [6.07, 6.45) is -2.41. The molecule has 0 bridgehead atoms. The van der Waals surface area contributed by atoms with Crippen molar-refractivity contribution in [2.24, 2.45) is 0 Å². The van der Waals surface area contributed by atoms with E-state index >= 15 is 0 Å². The van der Waals surface area contributed by atoms with Gasteiger partial charge in [-0.2, -0.15) is 13.2 Å². The van der Waals surface area contributed by atoms with Gasteiger partial charge in [0.05, 0.1) is 0 Å². The molecule has 2 rings (SSSR count). The molecule has 1 aromatic rings. The minimum absolute atomic E-state index is 0.262. The first-order chi connectivity index (χ1) is 9.36. The number of amides is 1. The lowest BCUT2D eigenvalue weighted by molar-refractivity contribution is -0.174. The van der Waals surface area contributed by atoms with Gasteiger partial charge in [-0.1, -0.05) is 0 Å². The molecule has 1 amide bonds. The van der Waals surface area contributed by atoms with Crippen LogP contribution in [0.3, 0.4) is 0 Å². The Morgan fingerprint density at radius 1 is 1.45 bits per heavy atom. The van der Waals surface area contributed by atoms with Crippen LogP contribution in [0.4, 0.5) is 24.8 Å². The first-order valence-electron chi connectivity index (χ1n) is 6.06. The SMILES string of the molecule is Nc1cc(N2CCCC(NC(=O)C(F)(F)F)C2)ncn1. The Hall–Kier alpha value is -2.06. The fourth-order valence-electron chi connectivity index (χ4n) is 2.10. The number of hydrogen-bond donors (Lipinski definition) is 2. The number of anilines is 2. The molecule has 1 aliphatic heterocycles. The van der Waals surface area contributed by atoms with Crippen LogP contribution < -0.4 is 16.0 Å². The van der Waals surface area contributed by atoms with Gasteiger partial charge in [-0.3, -0.25) is 4.79 Å². The first-order valence-corrected chi connectivity index (χ1v) is 6.06. The quantitative estimate of drug-likeness (QED) is 0.837. The summed E-state index contributed by atoms with van der Waals surface area (Å²) >= 11 is 0. The summed E-state index contributed by atoms with van der Waals surface area (Å²) in [5.74, 6) is -1.08. The molecular formula is C11H14F3N5O. The predicted octanol–water partition coefficient (Wildman–Crippen LogP) is 0.706. The van der Waals surface area contributed by atoms with Crippen LogP contribution in [0.15, 0.2) is 12.4 Å². The Morgan fingerprint density at radius 3 is 2.85 bits per heavy atom. The van der Waals surface area contributed by atoms with E-state index in [2.05, 4.69) is 9.97 Å². The molecule has 0 aliphatic carbocycles. The van der Waals surface area contributed by atoms with E-state index in [1.165, 1.54) is 6.33 Å². The second kappa shape index (κ2) is 5.51. The van der Waals surface area contributed by atoms with Gasteiger partial charge in [-0.05, 0) is 12.8 Å². The molecule has 1 saturated heterocycles. The molecule has 20 heavy (non-hydrogen) atoms. The van der Waals surface area contributed by atoms with Gasteiger partial charge in [0, 0.05) is 25.2 Å². The summed E-state index contributed by atoms with van der Waals surface area (Å²) in [5.41, 5.74) is 5.54. The van der Waals surface area contributed by atoms with E-state index < -0.39 is 18.1 Å². The van der Waals surface area contributed by atoms with Crippen molar-refractivity contribution < 1.29 is 18.0 Å². The Labute approximate surface area is 113 Å². The minimum atomic E-state index is -4.86. The minimum Gasteiger partial charge on any atom is -0.384 e. The fraction of sp³-hybridized carbons (Fsp3) is 0.545. The molecule has 6 nitrogen and oxygen atoms in total. The highest BCUT2D eigenvalue weighted by Gasteiger charge is 2.40. The number of aromatic nitrogens is 2. The summed E-state index contributed by atoms with van der Waals surface area (Å²) < 4.78 is 36.6. The fourth-order valence-corrected chi connectivity index (χ4v) is 2.10. The van der Waals surface area contributed by atoms with E-state index in [1.54, 1.807) is 11.0 Å². The maximum absolute atomic E-state index is 12.2. The number of carbonyl (C=O) groups excluding carboxylic acids is 1. The number of nitrogens with one attached hydrogen (secondary N) is 1. The molecule has 0 saturated carbocycles. The van der Waals surface area contributed by atoms with Crippen LogP contribution in [0.5, 0.6) is 0 Å². The number of alkyl halides is 3. The lowest BCUT2D eigenvalue weighted by atomic mass is 10.1. The van der Waals surface area contributed by atoms with Crippen molar-refractivity contribution in [3.8, 4) is 0 Å². The lowest BCUT2D eigenvalue weighted by Crippen LogP contribution is -2.51. The number of nitrogens with two attached hydrogens (primary N) is 1. The van der Waals surface area contributed by atoms with E-state index in [0.29, 0.717) is 25.2 Å². The van der Waals surface area contributed by atoms with Gasteiger partial charge in [0.25, 0.3) is 0 Å². The number of piperidine rings is 1. The van der Waals surface area contributed by atoms with Crippen molar-refractivity contribution in [2.75, 3.05) is 23.7 Å². The van der Waals surface area contributed by atoms with Crippen LogP contribution in [0, 0.1) is 0 Å². The lowest BCUT2D eigenvalue weighted by Gasteiger charge is -2.34. The Kier molecular flexibility index (Phi) is 3.96. The monoisotopic (exact) mass is 289 g/mol. The number of rotatable bonds is 2. The summed E-state index contributed by atoms with van der Waals surface area (Å²) in [5, 5.41) is 1.99. The highest BCUT2D eigenvalue weighted by molar-refractivity contribution is 5.82. The van der Waals surface area contributed by atoms with Crippen molar-refractivity contribution in [3.63, 3.8) is 0 Å². The zero-order valence-corrected chi connectivity index (χ0v) is 10.5. The van der Waals surface area contributed by atoms with Crippen molar-refractivity contribution in [1.82, 2.24) is 15.3 Å². The van der Waals surface area contributed by atoms with Gasteiger partial charge < -0.3 is 16.0 Å². The normalized spacial score (nSPS) is 19.8. The topological polar surface area (TPSA) is 84.1 Å². The van der Waals surface area contributed by atoms with Crippen molar-refractivity contribution in [2.45, 2.75) is 25.1 Å². The number of hydrogen-bond acceptors (Lipinski definition) is 5. The third kappa shape index (κ3) is 3.49. The third-order valence-corrected chi connectivity index (χ3v) is 3.01. The van der Waals surface area contributed by atoms with Crippen molar-refractivity contribution >= 4 is 17.5 Å². The molecule has 1 unspecified atom stereocenters. The molecule has 0 radical (unpaired) electrons. The molecule has 0 aromatic carbocycles. The molecule has 0 spiro atoms. The smallest absolute Gasteiger partial charge is 0.384 e. The molecule has 1 atom stereocenters. The van der Waals surface area contributed by atoms with Gasteiger partial charge in [0.2, 0.25) is 0 Å². The summed E-state index contributed by atoms with van der Waals surface area (Å²) in [7, 11) is 0. The molecule has 2 heterocycles. The Balaban J connectivity index is 2.00. The third-order valence-electron chi connectivity index (χ3n) is 3.01. The Morgan fingerprint density at radius 2 is 2.20 bits per heavy atom. The van der Waals surface area contributed by atoms with Gasteiger partial charge >= 0.3 is 12.1 Å². The van der Waals surface area contributed by atoms with Gasteiger partial charge in [-0.15, -0.1) is 0 Å².